The molecule has 1 nitrogen and oxygen atoms in total. The molecule has 0 amide bonds. The summed E-state index contributed by atoms with van der Waals surface area (Å²) in [7, 11) is 2.15. The van der Waals surface area contributed by atoms with Crippen molar-refractivity contribution in [3.05, 3.63) is 12.3 Å². The molecule has 1 heterocycles. The number of likely N-dealkylation sites (tertiary alicyclic amines) is 1. The molecule has 1 rings (SSSR count). The minimum Gasteiger partial charge on any atom is -0.376 e. The maximum absolute atomic E-state index is 4.07. The van der Waals surface area contributed by atoms with Gasteiger partial charge in [0, 0.05) is 18.8 Å². The van der Waals surface area contributed by atoms with Crippen LogP contribution in [0.15, 0.2) is 12.3 Å². The highest BCUT2D eigenvalue weighted by molar-refractivity contribution is 5.00. The number of nitrogens with zero attached hydrogens (tertiary/aromatic N) is 1. The number of hydrogen-bond donors (Lipinski definition) is 0. The van der Waals surface area contributed by atoms with Crippen LogP contribution in [0.3, 0.4) is 0 Å². The van der Waals surface area contributed by atoms with Crippen LogP contribution in [0.2, 0.25) is 0 Å². The lowest BCUT2D eigenvalue weighted by Gasteiger charge is -2.37. The molecule has 0 saturated carbocycles. The maximum Gasteiger partial charge on any atom is 0.0257 e. The van der Waals surface area contributed by atoms with E-state index >= 15 is 0 Å². The zero-order valence-corrected chi connectivity index (χ0v) is 7.93. The van der Waals surface area contributed by atoms with Crippen LogP contribution >= 0.6 is 0 Å². The summed E-state index contributed by atoms with van der Waals surface area (Å²) in [5.41, 5.74) is 1.32. The second-order valence-corrected chi connectivity index (χ2v) is 3.74. The Bertz CT molecular complexity index is 151. The Morgan fingerprint density at radius 3 is 2.73 bits per heavy atom. The van der Waals surface area contributed by atoms with Crippen molar-refractivity contribution in [1.29, 1.82) is 0 Å². The van der Waals surface area contributed by atoms with Crippen LogP contribution in [0.25, 0.3) is 0 Å². The smallest absolute Gasteiger partial charge is 0.0257 e. The van der Waals surface area contributed by atoms with Gasteiger partial charge in [0.2, 0.25) is 0 Å². The van der Waals surface area contributed by atoms with E-state index in [0.29, 0.717) is 6.04 Å². The van der Waals surface area contributed by atoms with Crippen molar-refractivity contribution in [3.8, 4) is 0 Å². The third kappa shape index (κ3) is 1.76. The molecule has 2 atom stereocenters. The second-order valence-electron chi connectivity index (χ2n) is 3.74. The van der Waals surface area contributed by atoms with Gasteiger partial charge in [-0.25, -0.2) is 0 Å². The van der Waals surface area contributed by atoms with Crippen LogP contribution < -0.4 is 0 Å². The third-order valence-corrected chi connectivity index (χ3v) is 2.94. The van der Waals surface area contributed by atoms with Crippen molar-refractivity contribution in [1.82, 2.24) is 4.90 Å². The molecule has 1 aliphatic heterocycles. The van der Waals surface area contributed by atoms with Gasteiger partial charge in [0.15, 0.2) is 0 Å². The van der Waals surface area contributed by atoms with E-state index in [4.69, 9.17) is 0 Å². The minimum absolute atomic E-state index is 0.696. The van der Waals surface area contributed by atoms with Crippen molar-refractivity contribution in [3.63, 3.8) is 0 Å². The second kappa shape index (κ2) is 3.29. The molecular weight excluding hydrogens is 134 g/mol. The van der Waals surface area contributed by atoms with Crippen LogP contribution in [0.1, 0.15) is 33.1 Å². The van der Waals surface area contributed by atoms with Gasteiger partial charge in [-0.15, -0.1) is 0 Å². The summed E-state index contributed by atoms with van der Waals surface area (Å²) in [5, 5.41) is 0. The lowest BCUT2D eigenvalue weighted by Crippen LogP contribution is -2.35. The van der Waals surface area contributed by atoms with Crippen molar-refractivity contribution >= 4 is 0 Å². The number of piperidine rings is 1. The summed E-state index contributed by atoms with van der Waals surface area (Å²) in [5.74, 6) is 0.883. The number of hydrogen-bond acceptors (Lipinski definition) is 1. The molecule has 1 saturated heterocycles. The molecule has 0 aromatic heterocycles. The van der Waals surface area contributed by atoms with Crippen LogP contribution in [0.4, 0.5) is 0 Å². The zero-order chi connectivity index (χ0) is 8.43. The van der Waals surface area contributed by atoms with E-state index in [9.17, 15) is 0 Å². The summed E-state index contributed by atoms with van der Waals surface area (Å²) in [4.78, 5) is 2.31. The van der Waals surface area contributed by atoms with Gasteiger partial charge in [0.05, 0.1) is 0 Å². The molecule has 0 spiro atoms. The first-order valence-corrected chi connectivity index (χ1v) is 4.55. The topological polar surface area (TPSA) is 3.24 Å². The van der Waals surface area contributed by atoms with E-state index in [2.05, 4.69) is 32.4 Å². The number of allylic oxidation sites excluding steroid dienone is 1. The Morgan fingerprint density at radius 1 is 1.64 bits per heavy atom. The van der Waals surface area contributed by atoms with E-state index in [1.54, 1.807) is 0 Å². The first-order valence-electron chi connectivity index (χ1n) is 4.55. The van der Waals surface area contributed by atoms with Gasteiger partial charge >= 0.3 is 0 Å². The molecule has 0 aliphatic carbocycles. The molecule has 0 N–H and O–H groups in total. The van der Waals surface area contributed by atoms with E-state index in [0.717, 1.165) is 5.92 Å². The zero-order valence-electron chi connectivity index (χ0n) is 7.93. The van der Waals surface area contributed by atoms with Gasteiger partial charge in [-0.2, -0.15) is 0 Å². The molecule has 0 radical (unpaired) electrons. The Balaban J connectivity index is 2.54. The average Bonchev–Trinajstić information content (AvgIpc) is 1.99. The molecule has 1 heteroatoms. The van der Waals surface area contributed by atoms with E-state index in [1.807, 2.05) is 0 Å². The minimum atomic E-state index is 0.696. The fourth-order valence-electron chi connectivity index (χ4n) is 1.82. The summed E-state index contributed by atoms with van der Waals surface area (Å²) < 4.78 is 0. The molecular formula is C10H19N. The molecule has 0 aromatic carbocycles. The summed E-state index contributed by atoms with van der Waals surface area (Å²) in [6, 6.07) is 0.696. The van der Waals surface area contributed by atoms with Gasteiger partial charge in [0.1, 0.15) is 0 Å². The molecule has 0 aromatic rings. The van der Waals surface area contributed by atoms with Crippen LogP contribution in [-0.2, 0) is 0 Å². The lowest BCUT2D eigenvalue weighted by atomic mass is 9.88. The molecule has 0 bridgehead atoms. The van der Waals surface area contributed by atoms with Gasteiger partial charge < -0.3 is 4.90 Å². The SMILES string of the molecule is C=C1CC(CC)CC(C)N1C. The lowest BCUT2D eigenvalue weighted by molar-refractivity contribution is 0.203. The van der Waals surface area contributed by atoms with Crippen molar-refractivity contribution in [2.45, 2.75) is 39.2 Å². The fraction of sp³-hybridized carbons (Fsp3) is 0.800. The van der Waals surface area contributed by atoms with Crippen molar-refractivity contribution < 1.29 is 0 Å². The Morgan fingerprint density at radius 2 is 2.27 bits per heavy atom. The first-order chi connectivity index (χ1) is 5.15. The molecule has 2 unspecified atom stereocenters. The van der Waals surface area contributed by atoms with Crippen LogP contribution in [-0.4, -0.2) is 18.0 Å². The standard InChI is InChI=1S/C10H19N/c1-5-10-6-8(2)11(4)9(3)7-10/h9-10H,2,5-7H2,1,3-4H3. The van der Waals surface area contributed by atoms with Gasteiger partial charge in [-0.05, 0) is 25.7 Å². The van der Waals surface area contributed by atoms with Crippen LogP contribution in [0, 0.1) is 5.92 Å². The Labute approximate surface area is 70.1 Å². The molecule has 11 heavy (non-hydrogen) atoms. The number of rotatable bonds is 1. The highest BCUT2D eigenvalue weighted by Crippen LogP contribution is 2.29. The largest absolute Gasteiger partial charge is 0.376 e. The normalized spacial score (nSPS) is 32.6. The van der Waals surface area contributed by atoms with E-state index in [-0.39, 0.29) is 0 Å². The third-order valence-electron chi connectivity index (χ3n) is 2.94. The predicted octanol–water partition coefficient (Wildman–Crippen LogP) is 2.64. The Kier molecular flexibility index (Phi) is 2.58. The fourth-order valence-corrected chi connectivity index (χ4v) is 1.82. The van der Waals surface area contributed by atoms with Gasteiger partial charge in [-0.3, -0.25) is 0 Å². The summed E-state index contributed by atoms with van der Waals surface area (Å²) in [6.45, 7) is 8.63. The van der Waals surface area contributed by atoms with E-state index < -0.39 is 0 Å². The van der Waals surface area contributed by atoms with Gasteiger partial charge in [0.25, 0.3) is 0 Å². The highest BCUT2D eigenvalue weighted by atomic mass is 15.1. The van der Waals surface area contributed by atoms with Crippen molar-refractivity contribution in [2.75, 3.05) is 7.05 Å². The molecule has 1 aliphatic rings. The van der Waals surface area contributed by atoms with Crippen LogP contribution in [0.5, 0.6) is 0 Å². The van der Waals surface area contributed by atoms with Crippen molar-refractivity contribution in [2.24, 2.45) is 5.92 Å². The average molecular weight is 153 g/mol. The Hall–Kier alpha value is -0.460. The first kappa shape index (κ1) is 8.63. The quantitative estimate of drug-likeness (QED) is 0.560. The molecule has 64 valence electrons. The predicted molar refractivity (Wildman–Crippen MR) is 49.4 cm³/mol. The van der Waals surface area contributed by atoms with E-state index in [1.165, 1.54) is 25.0 Å². The molecule has 1 fully saturated rings. The summed E-state index contributed by atoms with van der Waals surface area (Å²) in [6.07, 6.45) is 3.85. The monoisotopic (exact) mass is 153 g/mol. The van der Waals surface area contributed by atoms with Gasteiger partial charge in [-0.1, -0.05) is 19.9 Å². The highest BCUT2D eigenvalue weighted by Gasteiger charge is 2.23. The summed E-state index contributed by atoms with van der Waals surface area (Å²) >= 11 is 0. The maximum atomic E-state index is 4.07.